The molecule has 0 spiro atoms. The normalized spacial score (nSPS) is 15.8. The summed E-state index contributed by atoms with van der Waals surface area (Å²) in [5.74, 6) is -2.33. The molecule has 0 fully saturated rings. The number of hydrogen-bond acceptors (Lipinski definition) is 5. The van der Waals surface area contributed by atoms with E-state index < -0.39 is 36.7 Å². The van der Waals surface area contributed by atoms with Gasteiger partial charge in [0, 0.05) is 11.8 Å². The van der Waals surface area contributed by atoms with Crippen LogP contribution in [0.3, 0.4) is 0 Å². The average Bonchev–Trinajstić information content (AvgIpc) is 3.03. The van der Waals surface area contributed by atoms with Crippen molar-refractivity contribution in [2.45, 2.75) is 25.0 Å². The largest absolute Gasteiger partial charge is 0.480 e. The molecule has 7 nitrogen and oxygen atoms in total. The fraction of sp³-hybridized carbons (Fsp3) is 0.333. The van der Waals surface area contributed by atoms with Crippen molar-refractivity contribution < 1.29 is 29.6 Å². The van der Waals surface area contributed by atoms with Crippen LogP contribution in [-0.4, -0.2) is 52.7 Å². The zero-order valence-corrected chi connectivity index (χ0v) is 15.4. The molecule has 0 radical (unpaired) electrons. The van der Waals surface area contributed by atoms with Crippen LogP contribution in [0.25, 0.3) is 11.1 Å². The van der Waals surface area contributed by atoms with Crippen LogP contribution in [0.1, 0.15) is 24.0 Å². The number of ether oxygens (including phenoxy) is 1. The maximum absolute atomic E-state index is 12.2. The second-order valence-corrected chi connectivity index (χ2v) is 6.89. The van der Waals surface area contributed by atoms with Crippen LogP contribution < -0.4 is 5.32 Å². The second-order valence-electron chi connectivity index (χ2n) is 6.89. The number of hydrogen-bond donors (Lipinski definition) is 4. The van der Waals surface area contributed by atoms with Gasteiger partial charge in [-0.15, -0.1) is 0 Å². The Hall–Kier alpha value is -2.90. The lowest BCUT2D eigenvalue weighted by atomic mass is 9.96. The van der Waals surface area contributed by atoms with Gasteiger partial charge in [-0.05, 0) is 22.3 Å². The predicted octanol–water partition coefficient (Wildman–Crippen LogP) is 1.97. The predicted molar refractivity (Wildman–Crippen MR) is 102 cm³/mol. The highest BCUT2D eigenvalue weighted by Gasteiger charge is 2.33. The number of aliphatic carboxylic acids is 1. The van der Waals surface area contributed by atoms with Gasteiger partial charge in [-0.2, -0.15) is 0 Å². The van der Waals surface area contributed by atoms with Gasteiger partial charge < -0.3 is 25.4 Å². The zero-order valence-electron chi connectivity index (χ0n) is 15.4. The van der Waals surface area contributed by atoms with Crippen molar-refractivity contribution in [2.24, 2.45) is 5.92 Å². The van der Waals surface area contributed by atoms with Crippen LogP contribution >= 0.6 is 0 Å². The summed E-state index contributed by atoms with van der Waals surface area (Å²) in [7, 11) is 0. The third-order valence-corrected chi connectivity index (χ3v) is 5.20. The van der Waals surface area contributed by atoms with E-state index in [1.165, 1.54) is 6.92 Å². The van der Waals surface area contributed by atoms with Crippen LogP contribution in [0.4, 0.5) is 4.79 Å². The minimum Gasteiger partial charge on any atom is -0.480 e. The molecule has 0 unspecified atom stereocenters. The molecule has 3 atom stereocenters. The lowest BCUT2D eigenvalue weighted by molar-refractivity contribution is -0.142. The number of rotatable bonds is 7. The van der Waals surface area contributed by atoms with Gasteiger partial charge in [-0.25, -0.2) is 9.59 Å². The molecule has 0 bridgehead atoms. The van der Waals surface area contributed by atoms with E-state index in [0.717, 1.165) is 22.3 Å². The Morgan fingerprint density at radius 2 is 1.61 bits per heavy atom. The van der Waals surface area contributed by atoms with Gasteiger partial charge in [0.05, 0.1) is 12.7 Å². The Labute approximate surface area is 162 Å². The number of aliphatic hydroxyl groups excluding tert-OH is 2. The van der Waals surface area contributed by atoms with E-state index in [0.29, 0.717) is 0 Å². The van der Waals surface area contributed by atoms with E-state index in [2.05, 4.69) is 5.32 Å². The fourth-order valence-corrected chi connectivity index (χ4v) is 3.57. The standard InChI is InChI=1S/C21H23NO6/c1-12(18(24)10-23)19(20(25)26)22-21(27)28-11-17-15-8-4-2-6-13(15)14-7-3-5-9-16(14)17/h2-9,12,17-19,23-24H,10-11H2,1H3,(H,22,27)(H,25,26)/t12-,18-,19-/m0/s1. The lowest BCUT2D eigenvalue weighted by Gasteiger charge is -2.24. The average molecular weight is 385 g/mol. The SMILES string of the molecule is C[C@H]([C@H](NC(=O)OCC1c2ccccc2-c2ccccc21)C(=O)O)[C@@H](O)CO. The Balaban J connectivity index is 1.70. The molecule has 1 aliphatic carbocycles. The Bertz CT molecular complexity index is 822. The van der Waals surface area contributed by atoms with Gasteiger partial charge in [0.15, 0.2) is 0 Å². The molecule has 0 aliphatic heterocycles. The van der Waals surface area contributed by atoms with Crippen LogP contribution in [0, 0.1) is 5.92 Å². The molecule has 1 amide bonds. The van der Waals surface area contributed by atoms with E-state index in [4.69, 9.17) is 9.84 Å². The Morgan fingerprint density at radius 1 is 1.07 bits per heavy atom. The van der Waals surface area contributed by atoms with Crippen LogP contribution in [0.5, 0.6) is 0 Å². The highest BCUT2D eigenvalue weighted by Crippen LogP contribution is 2.44. The molecule has 0 heterocycles. The van der Waals surface area contributed by atoms with Crippen molar-refractivity contribution in [3.05, 3.63) is 59.7 Å². The van der Waals surface area contributed by atoms with Crippen molar-refractivity contribution >= 4 is 12.1 Å². The van der Waals surface area contributed by atoms with Gasteiger partial charge in [0.2, 0.25) is 0 Å². The minimum atomic E-state index is -1.38. The maximum atomic E-state index is 12.2. The van der Waals surface area contributed by atoms with Crippen molar-refractivity contribution in [3.63, 3.8) is 0 Å². The first-order valence-corrected chi connectivity index (χ1v) is 9.07. The van der Waals surface area contributed by atoms with Gasteiger partial charge >= 0.3 is 12.1 Å². The summed E-state index contributed by atoms with van der Waals surface area (Å²) in [6, 6.07) is 14.4. The summed E-state index contributed by atoms with van der Waals surface area (Å²) in [6.07, 6.45) is -2.15. The van der Waals surface area contributed by atoms with E-state index in [-0.39, 0.29) is 12.5 Å². The molecule has 1 aliphatic rings. The number of fused-ring (bicyclic) bond motifs is 3. The summed E-state index contributed by atoms with van der Waals surface area (Å²) in [6.45, 7) is 0.893. The van der Waals surface area contributed by atoms with Crippen molar-refractivity contribution in [3.8, 4) is 11.1 Å². The second kappa shape index (κ2) is 8.41. The smallest absolute Gasteiger partial charge is 0.407 e. The van der Waals surface area contributed by atoms with Crippen molar-refractivity contribution in [2.75, 3.05) is 13.2 Å². The van der Waals surface area contributed by atoms with Crippen LogP contribution in [0.2, 0.25) is 0 Å². The molecule has 0 aromatic heterocycles. The van der Waals surface area contributed by atoms with Gasteiger partial charge in [-0.1, -0.05) is 55.5 Å². The molecular weight excluding hydrogens is 362 g/mol. The number of carboxylic acids is 1. The van der Waals surface area contributed by atoms with Gasteiger partial charge in [0.1, 0.15) is 12.6 Å². The number of nitrogens with one attached hydrogen (secondary N) is 1. The van der Waals surface area contributed by atoms with Gasteiger partial charge in [-0.3, -0.25) is 0 Å². The van der Waals surface area contributed by atoms with E-state index in [1.54, 1.807) is 0 Å². The summed E-state index contributed by atoms with van der Waals surface area (Å²) in [5.41, 5.74) is 4.29. The summed E-state index contributed by atoms with van der Waals surface area (Å²) >= 11 is 0. The van der Waals surface area contributed by atoms with Crippen LogP contribution in [-0.2, 0) is 9.53 Å². The Morgan fingerprint density at radius 3 is 2.11 bits per heavy atom. The quantitative estimate of drug-likeness (QED) is 0.579. The molecule has 3 rings (SSSR count). The number of carbonyl (C=O) groups is 2. The van der Waals surface area contributed by atoms with E-state index >= 15 is 0 Å². The zero-order chi connectivity index (χ0) is 20.3. The first-order valence-electron chi connectivity index (χ1n) is 9.07. The fourth-order valence-electron chi connectivity index (χ4n) is 3.57. The molecule has 4 N–H and O–H groups in total. The van der Waals surface area contributed by atoms with Gasteiger partial charge in [0.25, 0.3) is 0 Å². The van der Waals surface area contributed by atoms with E-state index in [9.17, 15) is 19.8 Å². The first-order chi connectivity index (χ1) is 13.4. The number of carboxylic acid groups (broad SMARTS) is 1. The number of aliphatic hydroxyl groups is 2. The summed E-state index contributed by atoms with van der Waals surface area (Å²) in [4.78, 5) is 23.6. The number of carbonyl (C=O) groups excluding carboxylic acids is 1. The highest BCUT2D eigenvalue weighted by atomic mass is 16.5. The van der Waals surface area contributed by atoms with Crippen LogP contribution in [0.15, 0.2) is 48.5 Å². The molecular formula is C21H23NO6. The topological polar surface area (TPSA) is 116 Å². The number of amides is 1. The third kappa shape index (κ3) is 3.85. The monoisotopic (exact) mass is 385 g/mol. The third-order valence-electron chi connectivity index (χ3n) is 5.20. The minimum absolute atomic E-state index is 0.0587. The molecule has 2 aromatic rings. The lowest BCUT2D eigenvalue weighted by Crippen LogP contribution is -2.49. The molecule has 148 valence electrons. The molecule has 28 heavy (non-hydrogen) atoms. The van der Waals surface area contributed by atoms with E-state index in [1.807, 2.05) is 48.5 Å². The molecule has 0 saturated carbocycles. The highest BCUT2D eigenvalue weighted by molar-refractivity contribution is 5.81. The summed E-state index contributed by atoms with van der Waals surface area (Å²) in [5, 5.41) is 30.3. The summed E-state index contributed by atoms with van der Waals surface area (Å²) < 4.78 is 5.33. The molecule has 7 heteroatoms. The number of alkyl carbamates (subject to hydrolysis) is 1. The maximum Gasteiger partial charge on any atom is 0.407 e. The molecule has 2 aromatic carbocycles. The van der Waals surface area contributed by atoms with Crippen molar-refractivity contribution in [1.82, 2.24) is 5.32 Å². The molecule has 0 saturated heterocycles. The van der Waals surface area contributed by atoms with Crippen molar-refractivity contribution in [1.29, 1.82) is 0 Å². The Kier molecular flexibility index (Phi) is 5.96. The first kappa shape index (κ1) is 19.9. The number of benzene rings is 2.